The van der Waals surface area contributed by atoms with E-state index < -0.39 is 42.5 Å². The van der Waals surface area contributed by atoms with Crippen LogP contribution in [0.15, 0.2) is 0 Å². The first-order valence-electron chi connectivity index (χ1n) is 6.72. The van der Waals surface area contributed by atoms with Crippen LogP contribution in [-0.2, 0) is 19.1 Å². The van der Waals surface area contributed by atoms with E-state index in [0.29, 0.717) is 6.42 Å². The summed E-state index contributed by atoms with van der Waals surface area (Å²) in [4.78, 5) is 32.7. The topological polar surface area (TPSA) is 141 Å². The van der Waals surface area contributed by atoms with Crippen molar-refractivity contribution in [1.82, 2.24) is 0 Å². The van der Waals surface area contributed by atoms with E-state index in [9.17, 15) is 24.6 Å². The van der Waals surface area contributed by atoms with E-state index in [1.165, 1.54) is 0 Å². The zero-order valence-electron chi connectivity index (χ0n) is 11.9. The normalized spacial score (nSPS) is 15.0. The number of ether oxygens (including phenoxy) is 1. The van der Waals surface area contributed by atoms with Gasteiger partial charge in [0.05, 0.1) is 25.6 Å². The van der Waals surface area contributed by atoms with Gasteiger partial charge < -0.3 is 25.2 Å². The molecule has 0 aromatic heterocycles. The van der Waals surface area contributed by atoms with Crippen LogP contribution in [0.4, 0.5) is 0 Å². The first-order valence-corrected chi connectivity index (χ1v) is 6.72. The third-order valence-corrected chi connectivity index (χ3v) is 2.88. The van der Waals surface area contributed by atoms with Gasteiger partial charge in [0.1, 0.15) is 0 Å². The summed E-state index contributed by atoms with van der Waals surface area (Å²) in [6.07, 6.45) is -0.127. The van der Waals surface area contributed by atoms with Gasteiger partial charge in [-0.1, -0.05) is 19.8 Å². The Morgan fingerprint density at radius 3 is 2.24 bits per heavy atom. The first kappa shape index (κ1) is 19.3. The van der Waals surface area contributed by atoms with Crippen LogP contribution in [0.2, 0.25) is 0 Å². The zero-order chi connectivity index (χ0) is 16.5. The lowest BCUT2D eigenvalue weighted by molar-refractivity contribution is -0.172. The number of carboxylic acids is 2. The Morgan fingerprint density at radius 2 is 1.76 bits per heavy atom. The smallest absolute Gasteiger partial charge is 0.336 e. The number of hydrogen-bond donors (Lipinski definition) is 4. The average Bonchev–Trinajstić information content (AvgIpc) is 2.34. The SMILES string of the molecule is CCCCC(O)CCOC(=O)CC(O)(CC(=O)O)C(=O)O. The van der Waals surface area contributed by atoms with Crippen LogP contribution in [0, 0.1) is 0 Å². The highest BCUT2D eigenvalue weighted by Gasteiger charge is 2.41. The van der Waals surface area contributed by atoms with Crippen molar-refractivity contribution >= 4 is 17.9 Å². The maximum atomic E-state index is 11.4. The minimum Gasteiger partial charge on any atom is -0.481 e. The van der Waals surface area contributed by atoms with Crippen molar-refractivity contribution < 1.29 is 39.5 Å². The number of esters is 1. The third kappa shape index (κ3) is 8.26. The Morgan fingerprint density at radius 1 is 1.14 bits per heavy atom. The number of rotatable bonds is 11. The summed E-state index contributed by atoms with van der Waals surface area (Å²) >= 11 is 0. The number of carbonyl (C=O) groups excluding carboxylic acids is 1. The predicted octanol–water partition coefficient (Wildman–Crippen LogP) is 0.151. The number of hydrogen-bond acceptors (Lipinski definition) is 6. The molecule has 0 heterocycles. The Hall–Kier alpha value is -1.67. The molecule has 2 unspecified atom stereocenters. The monoisotopic (exact) mass is 306 g/mol. The summed E-state index contributed by atoms with van der Waals surface area (Å²) in [5.41, 5.74) is -2.69. The highest BCUT2D eigenvalue weighted by Crippen LogP contribution is 2.17. The number of aliphatic carboxylic acids is 2. The summed E-state index contributed by atoms with van der Waals surface area (Å²) in [6, 6.07) is 0. The average molecular weight is 306 g/mol. The van der Waals surface area contributed by atoms with Crippen LogP contribution in [0.5, 0.6) is 0 Å². The number of carboxylic acid groups (broad SMARTS) is 2. The zero-order valence-corrected chi connectivity index (χ0v) is 11.9. The first-order chi connectivity index (χ1) is 9.71. The third-order valence-electron chi connectivity index (χ3n) is 2.88. The summed E-state index contributed by atoms with van der Waals surface area (Å²) in [5.74, 6) is -4.36. The molecule has 0 bridgehead atoms. The van der Waals surface area contributed by atoms with Gasteiger partial charge in [-0.3, -0.25) is 9.59 Å². The molecule has 0 radical (unpaired) electrons. The lowest BCUT2D eigenvalue weighted by Crippen LogP contribution is -2.43. The van der Waals surface area contributed by atoms with E-state index in [4.69, 9.17) is 14.9 Å². The molecule has 8 heteroatoms. The van der Waals surface area contributed by atoms with Crippen molar-refractivity contribution in [2.75, 3.05) is 6.61 Å². The second-order valence-corrected chi connectivity index (χ2v) is 4.89. The lowest BCUT2D eigenvalue weighted by Gasteiger charge is -2.20. The Balaban J connectivity index is 4.22. The lowest BCUT2D eigenvalue weighted by atomic mass is 9.96. The van der Waals surface area contributed by atoms with Crippen molar-refractivity contribution in [1.29, 1.82) is 0 Å². The van der Waals surface area contributed by atoms with Crippen LogP contribution in [0.3, 0.4) is 0 Å². The molecule has 0 aromatic rings. The van der Waals surface area contributed by atoms with E-state index in [-0.39, 0.29) is 13.0 Å². The Bertz CT molecular complexity index is 367. The van der Waals surface area contributed by atoms with E-state index in [1.54, 1.807) is 0 Å². The number of aliphatic hydroxyl groups is 2. The van der Waals surface area contributed by atoms with Crippen LogP contribution < -0.4 is 0 Å². The molecule has 4 N–H and O–H groups in total. The van der Waals surface area contributed by atoms with Crippen molar-refractivity contribution in [3.8, 4) is 0 Å². The van der Waals surface area contributed by atoms with Crippen LogP contribution in [0.1, 0.15) is 45.4 Å². The van der Waals surface area contributed by atoms with Gasteiger partial charge >= 0.3 is 17.9 Å². The minimum absolute atomic E-state index is 0.119. The Labute approximate surface area is 122 Å². The van der Waals surface area contributed by atoms with Crippen molar-refractivity contribution in [3.63, 3.8) is 0 Å². The summed E-state index contributed by atoms with van der Waals surface area (Å²) in [5, 5.41) is 36.5. The second-order valence-electron chi connectivity index (χ2n) is 4.89. The molecule has 2 atom stereocenters. The van der Waals surface area contributed by atoms with Gasteiger partial charge in [0.2, 0.25) is 0 Å². The van der Waals surface area contributed by atoms with Gasteiger partial charge in [-0.05, 0) is 6.42 Å². The van der Waals surface area contributed by atoms with E-state index in [0.717, 1.165) is 12.8 Å². The molecule has 21 heavy (non-hydrogen) atoms. The fourth-order valence-corrected chi connectivity index (χ4v) is 1.65. The molecule has 0 aliphatic rings. The summed E-state index contributed by atoms with van der Waals surface area (Å²) in [7, 11) is 0. The molecule has 0 saturated carbocycles. The standard InChI is InChI=1S/C13H22O8/c1-2-3-4-9(14)5-6-21-11(17)8-13(20,12(18)19)7-10(15)16/h9,14,20H,2-8H2,1H3,(H,15,16)(H,18,19). The molecule has 0 spiro atoms. The molecule has 0 aromatic carbocycles. The van der Waals surface area contributed by atoms with E-state index >= 15 is 0 Å². The molecular formula is C13H22O8. The predicted molar refractivity (Wildman–Crippen MR) is 70.6 cm³/mol. The Kier molecular flexibility index (Phi) is 8.56. The molecule has 0 amide bonds. The minimum atomic E-state index is -2.69. The molecule has 0 fully saturated rings. The maximum Gasteiger partial charge on any atom is 0.336 e. The van der Waals surface area contributed by atoms with Crippen LogP contribution in [-0.4, -0.2) is 56.6 Å². The van der Waals surface area contributed by atoms with Gasteiger partial charge in [-0.15, -0.1) is 0 Å². The molecule has 0 rings (SSSR count). The van der Waals surface area contributed by atoms with Crippen molar-refractivity contribution in [3.05, 3.63) is 0 Å². The van der Waals surface area contributed by atoms with Gasteiger partial charge in [0, 0.05) is 6.42 Å². The summed E-state index contributed by atoms with van der Waals surface area (Å²) in [6.45, 7) is 1.86. The van der Waals surface area contributed by atoms with Crippen molar-refractivity contribution in [2.45, 2.75) is 57.2 Å². The van der Waals surface area contributed by atoms with Gasteiger partial charge in [0.25, 0.3) is 0 Å². The van der Waals surface area contributed by atoms with E-state index in [1.807, 2.05) is 6.92 Å². The molecule has 8 nitrogen and oxygen atoms in total. The number of aliphatic hydroxyl groups excluding tert-OH is 1. The van der Waals surface area contributed by atoms with Crippen LogP contribution in [0.25, 0.3) is 0 Å². The summed E-state index contributed by atoms with van der Waals surface area (Å²) < 4.78 is 4.70. The van der Waals surface area contributed by atoms with Gasteiger partial charge in [0.15, 0.2) is 5.60 Å². The van der Waals surface area contributed by atoms with E-state index in [2.05, 4.69) is 0 Å². The fourth-order valence-electron chi connectivity index (χ4n) is 1.65. The van der Waals surface area contributed by atoms with Gasteiger partial charge in [-0.25, -0.2) is 4.79 Å². The maximum absolute atomic E-state index is 11.4. The molecule has 0 saturated heterocycles. The molecule has 0 aliphatic carbocycles. The van der Waals surface area contributed by atoms with Gasteiger partial charge in [-0.2, -0.15) is 0 Å². The van der Waals surface area contributed by atoms with Crippen LogP contribution >= 0.6 is 0 Å². The van der Waals surface area contributed by atoms with Crippen molar-refractivity contribution in [2.24, 2.45) is 0 Å². The second kappa shape index (κ2) is 9.30. The molecule has 0 aliphatic heterocycles. The highest BCUT2D eigenvalue weighted by molar-refractivity contribution is 5.88. The molecule has 122 valence electrons. The largest absolute Gasteiger partial charge is 0.481 e. The highest BCUT2D eigenvalue weighted by atomic mass is 16.5. The number of carbonyl (C=O) groups is 3. The molecular weight excluding hydrogens is 284 g/mol. The fraction of sp³-hybridized carbons (Fsp3) is 0.769. The quantitative estimate of drug-likeness (QED) is 0.395. The number of unbranched alkanes of at least 4 members (excludes halogenated alkanes) is 1.